The Hall–Kier alpha value is -4.09. The van der Waals surface area contributed by atoms with Crippen molar-refractivity contribution in [1.82, 2.24) is 26.6 Å². The van der Waals surface area contributed by atoms with Crippen molar-refractivity contribution in [1.29, 1.82) is 0 Å². The molecule has 0 spiro atoms. The van der Waals surface area contributed by atoms with Gasteiger partial charge in [0.25, 0.3) is 0 Å². The number of amides is 5. The fourth-order valence-corrected chi connectivity index (χ4v) is 13.4. The first-order valence-corrected chi connectivity index (χ1v) is 33.1. The summed E-state index contributed by atoms with van der Waals surface area (Å²) in [5.74, 6) is -4.23. The van der Waals surface area contributed by atoms with Gasteiger partial charge >= 0.3 is 0 Å². The van der Waals surface area contributed by atoms with E-state index >= 15 is 0 Å². The summed E-state index contributed by atoms with van der Waals surface area (Å²) in [7, 11) is 0. The molecule has 104 heavy (non-hydrogen) atoms. The van der Waals surface area contributed by atoms with Crippen molar-refractivity contribution in [2.45, 2.75) is 280 Å². The molecule has 8 heterocycles. The van der Waals surface area contributed by atoms with Crippen LogP contribution in [0.1, 0.15) is 34.6 Å². The minimum absolute atomic E-state index is 0.773. The molecule has 0 unspecified atom stereocenters. The lowest BCUT2D eigenvalue weighted by Gasteiger charge is -2.51. The Labute approximate surface area is 589 Å². The first kappa shape index (κ1) is 85.5. The van der Waals surface area contributed by atoms with Crippen molar-refractivity contribution in [3.05, 3.63) is 0 Å². The molecule has 40 atom stereocenters. The highest BCUT2D eigenvalue weighted by molar-refractivity contribution is 5.75. The molecule has 8 rings (SSSR count). The highest BCUT2D eigenvalue weighted by Crippen LogP contribution is 2.39. The van der Waals surface area contributed by atoms with Crippen LogP contribution in [0.5, 0.6) is 0 Å². The minimum Gasteiger partial charge on any atom is -0.394 e. The smallest absolute Gasteiger partial charge is 0.217 e. The van der Waals surface area contributed by atoms with Gasteiger partial charge in [0.1, 0.15) is 195 Å². The van der Waals surface area contributed by atoms with Crippen LogP contribution in [0.4, 0.5) is 0 Å². The molecule has 8 aliphatic heterocycles. The van der Waals surface area contributed by atoms with Gasteiger partial charge in [-0.2, -0.15) is 0 Å². The second-order valence-corrected chi connectivity index (χ2v) is 26.1. The number of carbonyl (C=O) groups is 5. The molecule has 5 amide bonds. The van der Waals surface area contributed by atoms with Crippen LogP contribution in [0.3, 0.4) is 0 Å². The van der Waals surface area contributed by atoms with E-state index < -0.39 is 328 Å². The van der Waals surface area contributed by atoms with Crippen LogP contribution < -0.4 is 26.6 Å². The molecule has 0 aromatic heterocycles. The Kier molecular flexibility index (Phi) is 30.9. The SMILES string of the molecule is CC(=O)N[C@@H]1[C@@H](O)[C@H](O[C@@H]2O[C@H](CO)[C@@H](O[C@@H]3O[C@H](CO[C@H]4O[C@H](CO)[C@@H](O[C@@H]5O[C@H](CO)[C@@H](O)[C@H](O)[C@H]5NC(C)=O)[C@H](O)[C@@H]4O)[C@@H](O)[C@H](O[C@H]4O[C@H](CO)[C@@H](O[C@@H]5O[C@H](CO)[C@@H](O)[C@H](O)[C@H]5NC(C)=O)[C@H](O)[C@@H]4O[C@@H]4O[C@H](CO)[C@@H](O)[C@H](O)[C@H]4NC(C)=O)[C@@H]3O)[C@H](O)[C@H]2NC(C)=O)[C@@H](CO)O[C@H]1O. The van der Waals surface area contributed by atoms with Gasteiger partial charge < -0.3 is 205 Å². The third-order valence-corrected chi connectivity index (χ3v) is 18.6. The predicted molar refractivity (Wildman–Crippen MR) is 322 cm³/mol. The quantitative estimate of drug-likeness (QED) is 0.0363. The van der Waals surface area contributed by atoms with Gasteiger partial charge in [-0.3, -0.25) is 24.0 Å². The van der Waals surface area contributed by atoms with Gasteiger partial charge in [-0.05, 0) is 0 Å². The Morgan fingerprint density at radius 2 is 0.529 bits per heavy atom. The van der Waals surface area contributed by atoms with Gasteiger partial charge in [0.05, 0.1) is 52.9 Å². The molecule has 0 aromatic rings. The second-order valence-electron chi connectivity index (χ2n) is 26.1. The summed E-state index contributed by atoms with van der Waals surface area (Å²) >= 11 is 0. The number of rotatable bonds is 27. The van der Waals surface area contributed by atoms with Gasteiger partial charge in [-0.25, -0.2) is 0 Å². The lowest BCUT2D eigenvalue weighted by Crippen LogP contribution is -2.71. The van der Waals surface area contributed by atoms with Crippen LogP contribution in [-0.4, -0.2) is 435 Å². The summed E-state index contributed by atoms with van der Waals surface area (Å²) in [5, 5.41) is 246. The summed E-state index contributed by atoms with van der Waals surface area (Å²) in [6.07, 6.45) is -71.5. The molecular weight excluding hydrogens is 1420 g/mol. The summed E-state index contributed by atoms with van der Waals surface area (Å²) in [5.41, 5.74) is 0. The van der Waals surface area contributed by atoms with Crippen molar-refractivity contribution in [3.63, 3.8) is 0 Å². The number of nitrogens with one attached hydrogen (secondary N) is 5. The van der Waals surface area contributed by atoms with Crippen LogP contribution in [0.25, 0.3) is 0 Å². The van der Waals surface area contributed by atoms with Crippen LogP contribution in [0, 0.1) is 0 Å². The topological polar surface area (TPSA) is 709 Å². The largest absolute Gasteiger partial charge is 0.394 e. The summed E-state index contributed by atoms with van der Waals surface area (Å²) < 4.78 is 89.3. The summed E-state index contributed by atoms with van der Waals surface area (Å²) in [6.45, 7) is -3.60. The van der Waals surface area contributed by atoms with Gasteiger partial charge in [0.15, 0.2) is 50.3 Å². The van der Waals surface area contributed by atoms with Gasteiger partial charge in [-0.15, -0.1) is 0 Å². The molecule has 0 aromatic carbocycles. The van der Waals surface area contributed by atoms with E-state index in [-0.39, 0.29) is 0 Å². The standard InChI is InChI=1S/C58H97N5O41/c1-14(71)59-27-39(83)45(22(9-67)91-51(27)89)99-55-31(63-18(5)75)40(84)46(23(10-68)95-55)102-57-44(88)49(35(79)26(98-57)13-90-56-42(86)41(85)47(24(11-69)96-56)100-52-28(60-15(2)72)36(80)32(76)19(6-64)92-52)103-58-50(104-54-30(62-17(4)74)38(82)34(78)21(8-66)94-54)43(87)48(25(12-70)97-58)101-53-29(61-16(3)73)37(81)33(77)20(7-65)93-53/h19-58,64-70,76-89H,6-13H2,1-5H3,(H,59,71)(H,60,72)(H,61,73)(H,62,74)(H,63,75)/t19-,20-,21-,22-,23-,24-,25-,26-,27-,28-,29-,30-,31-,32-,33-,34-,35-,36-,37-,38-,39-,40-,41-,42+,43+,44+,45-,46-,47-,48-,49+,50+,51-,52+,53+,54+,55+,56+,57+,58-/m1/s1. The van der Waals surface area contributed by atoms with Gasteiger partial charge in [0.2, 0.25) is 29.5 Å². The molecule has 46 nitrogen and oxygen atoms in total. The molecule has 26 N–H and O–H groups in total. The Morgan fingerprint density at radius 3 is 0.913 bits per heavy atom. The maximum atomic E-state index is 12.9. The first-order valence-electron chi connectivity index (χ1n) is 33.1. The van der Waals surface area contributed by atoms with Crippen LogP contribution in [0.15, 0.2) is 0 Å². The van der Waals surface area contributed by atoms with Gasteiger partial charge in [0, 0.05) is 34.6 Å². The fraction of sp³-hybridized carbons (Fsp3) is 0.914. The van der Waals surface area contributed by atoms with Gasteiger partial charge in [-0.1, -0.05) is 0 Å². The molecule has 8 aliphatic rings. The molecule has 46 heteroatoms. The molecule has 0 radical (unpaired) electrons. The summed E-state index contributed by atoms with van der Waals surface area (Å²) in [4.78, 5) is 62.4. The lowest BCUT2D eigenvalue weighted by molar-refractivity contribution is -0.402. The predicted octanol–water partition coefficient (Wildman–Crippen LogP) is -17.7. The fourth-order valence-electron chi connectivity index (χ4n) is 13.4. The monoisotopic (exact) mass is 1520 g/mol. The maximum absolute atomic E-state index is 12.9. The minimum atomic E-state index is -2.55. The number of aliphatic hydroxyl groups is 21. The highest BCUT2D eigenvalue weighted by atomic mass is 16.8. The maximum Gasteiger partial charge on any atom is 0.217 e. The number of carbonyl (C=O) groups excluding carboxylic acids is 5. The first-order chi connectivity index (χ1) is 49.2. The molecule has 0 bridgehead atoms. The van der Waals surface area contributed by atoms with E-state index in [1.807, 2.05) is 0 Å². The third-order valence-electron chi connectivity index (χ3n) is 18.6. The molecule has 0 aliphatic carbocycles. The Morgan fingerprint density at radius 1 is 0.250 bits per heavy atom. The Bertz CT molecular complexity index is 2770. The number of hydrogen-bond acceptors (Lipinski definition) is 41. The third kappa shape index (κ3) is 19.2. The van der Waals surface area contributed by atoms with E-state index in [0.29, 0.717) is 0 Å². The average molecular weight is 1520 g/mol. The summed E-state index contributed by atoms with van der Waals surface area (Å²) in [6, 6.07) is -8.75. The molecule has 8 saturated heterocycles. The number of hydrogen-bond donors (Lipinski definition) is 26. The lowest BCUT2D eigenvalue weighted by atomic mass is 9.93. The van der Waals surface area contributed by atoms with Crippen molar-refractivity contribution in [3.8, 4) is 0 Å². The van der Waals surface area contributed by atoms with Crippen LogP contribution in [-0.2, 0) is 95.0 Å². The molecular formula is C58H97N5O41. The van der Waals surface area contributed by atoms with E-state index in [1.54, 1.807) is 0 Å². The zero-order chi connectivity index (χ0) is 76.8. The average Bonchev–Trinajstić information content (AvgIpc) is 0.727. The van der Waals surface area contributed by atoms with E-state index in [4.69, 9.17) is 71.1 Å². The van der Waals surface area contributed by atoms with Crippen molar-refractivity contribution in [2.24, 2.45) is 0 Å². The number of ether oxygens (including phenoxy) is 15. The molecule has 8 fully saturated rings. The normalized spacial score (nSPS) is 47.2. The Balaban J connectivity index is 1.16. The van der Waals surface area contributed by atoms with E-state index in [0.717, 1.165) is 34.6 Å². The van der Waals surface area contributed by atoms with E-state index in [1.165, 1.54) is 0 Å². The number of aliphatic hydroxyl groups excluding tert-OH is 21. The zero-order valence-corrected chi connectivity index (χ0v) is 56.3. The zero-order valence-electron chi connectivity index (χ0n) is 56.3. The van der Waals surface area contributed by atoms with E-state index in [9.17, 15) is 131 Å². The van der Waals surface area contributed by atoms with Crippen molar-refractivity contribution < 1.29 is 202 Å². The van der Waals surface area contributed by atoms with Crippen molar-refractivity contribution in [2.75, 3.05) is 52.9 Å². The molecule has 0 saturated carbocycles. The van der Waals surface area contributed by atoms with Crippen molar-refractivity contribution >= 4 is 29.5 Å². The van der Waals surface area contributed by atoms with E-state index in [2.05, 4.69) is 26.6 Å². The highest BCUT2D eigenvalue weighted by Gasteiger charge is 2.60. The van der Waals surface area contributed by atoms with Crippen LogP contribution >= 0.6 is 0 Å². The van der Waals surface area contributed by atoms with Crippen LogP contribution in [0.2, 0.25) is 0 Å². The second kappa shape index (κ2) is 37.5. The molecule has 600 valence electrons.